The van der Waals surface area contributed by atoms with Crippen LogP contribution in [0.3, 0.4) is 0 Å². The van der Waals surface area contributed by atoms with Gasteiger partial charge in [0.05, 0.1) is 5.69 Å². The minimum atomic E-state index is 0.953. The molecule has 0 saturated carbocycles. The molecule has 0 aliphatic heterocycles. The van der Waals surface area contributed by atoms with Gasteiger partial charge in [-0.1, -0.05) is 76.6 Å². The maximum Gasteiger partial charge on any atom is 0.144 e. The Morgan fingerprint density at radius 1 is 0.710 bits per heavy atom. The quantitative estimate of drug-likeness (QED) is 0.229. The van der Waals surface area contributed by atoms with E-state index in [-0.39, 0.29) is 0 Å². The molecule has 0 fully saturated rings. The minimum absolute atomic E-state index is 0.953. The molecule has 0 spiro atoms. The first kappa shape index (κ1) is 21.6. The number of aromatic nitrogens is 1. The van der Waals surface area contributed by atoms with Crippen molar-refractivity contribution in [1.82, 2.24) is 4.98 Å². The Balaban J connectivity index is 1.57. The number of hydrogen-bond donors (Lipinski definition) is 0. The normalized spacial score (nSPS) is 11.5. The van der Waals surface area contributed by atoms with Crippen LogP contribution in [0.2, 0.25) is 0 Å². The zero-order valence-corrected chi connectivity index (χ0v) is 19.1. The second-order valence-electron chi connectivity index (χ2n) is 8.79. The predicted molar refractivity (Wildman–Crippen MR) is 133 cm³/mol. The van der Waals surface area contributed by atoms with Gasteiger partial charge in [0.2, 0.25) is 0 Å². The van der Waals surface area contributed by atoms with E-state index in [0.717, 1.165) is 35.3 Å². The van der Waals surface area contributed by atoms with E-state index >= 15 is 0 Å². The Morgan fingerprint density at radius 3 is 2.35 bits per heavy atom. The highest BCUT2D eigenvalue weighted by molar-refractivity contribution is 6.09. The van der Waals surface area contributed by atoms with Crippen LogP contribution in [-0.4, -0.2) is 4.98 Å². The molecular weight excluding hydrogens is 378 g/mol. The lowest BCUT2D eigenvalue weighted by Gasteiger charge is -2.06. The maximum atomic E-state index is 6.39. The lowest BCUT2D eigenvalue weighted by atomic mass is 10.0. The fourth-order valence-corrected chi connectivity index (χ4v) is 4.47. The summed E-state index contributed by atoms with van der Waals surface area (Å²) in [5.41, 5.74) is 6.77. The van der Waals surface area contributed by atoms with Gasteiger partial charge in [-0.15, -0.1) is 0 Å². The van der Waals surface area contributed by atoms with Crippen LogP contribution < -0.4 is 0 Å². The van der Waals surface area contributed by atoms with Gasteiger partial charge >= 0.3 is 0 Å². The first-order valence-electron chi connectivity index (χ1n) is 12.2. The van der Waals surface area contributed by atoms with E-state index in [1.54, 1.807) is 0 Å². The molecule has 4 aromatic rings. The highest BCUT2D eigenvalue weighted by atomic mass is 16.3. The average Bonchev–Trinajstić information content (AvgIpc) is 3.18. The Kier molecular flexibility index (Phi) is 7.40. The second-order valence-corrected chi connectivity index (χ2v) is 8.79. The van der Waals surface area contributed by atoms with Crippen molar-refractivity contribution in [2.24, 2.45) is 0 Å². The summed E-state index contributed by atoms with van der Waals surface area (Å²) in [6, 6.07) is 17.5. The molecule has 2 aromatic heterocycles. The number of unbranched alkanes of at least 4 members (excludes halogenated alkanes) is 6. The number of nitrogens with zero attached hydrogens (tertiary/aromatic N) is 1. The second kappa shape index (κ2) is 10.6. The third-order valence-corrected chi connectivity index (χ3v) is 6.30. The third-order valence-electron chi connectivity index (χ3n) is 6.30. The van der Waals surface area contributed by atoms with E-state index in [4.69, 9.17) is 9.40 Å². The molecule has 0 radical (unpaired) electrons. The zero-order chi connectivity index (χ0) is 21.5. The minimum Gasteiger partial charge on any atom is -0.455 e. The largest absolute Gasteiger partial charge is 0.455 e. The van der Waals surface area contributed by atoms with Crippen LogP contribution in [0.25, 0.3) is 33.2 Å². The molecule has 0 bridgehead atoms. The van der Waals surface area contributed by atoms with Crippen molar-refractivity contribution in [2.45, 2.75) is 78.1 Å². The molecule has 0 saturated heterocycles. The number of benzene rings is 2. The van der Waals surface area contributed by atoms with Gasteiger partial charge in [-0.25, -0.2) is 0 Å². The van der Waals surface area contributed by atoms with E-state index in [9.17, 15) is 0 Å². The average molecular weight is 414 g/mol. The Hall–Kier alpha value is -2.61. The zero-order valence-electron chi connectivity index (χ0n) is 19.1. The fraction of sp³-hybridized carbons (Fsp3) is 0.414. The number of furan rings is 1. The first-order chi connectivity index (χ1) is 15.3. The van der Waals surface area contributed by atoms with Gasteiger partial charge in [-0.2, -0.15) is 0 Å². The summed E-state index contributed by atoms with van der Waals surface area (Å²) in [5.74, 6) is 0. The molecule has 0 aliphatic rings. The lowest BCUT2D eigenvalue weighted by Crippen LogP contribution is -1.90. The highest BCUT2D eigenvalue weighted by Crippen LogP contribution is 2.35. The van der Waals surface area contributed by atoms with Crippen molar-refractivity contribution in [2.75, 3.05) is 0 Å². The molecule has 0 amide bonds. The smallest absolute Gasteiger partial charge is 0.144 e. The van der Waals surface area contributed by atoms with Crippen molar-refractivity contribution in [1.29, 1.82) is 0 Å². The van der Waals surface area contributed by atoms with Crippen molar-refractivity contribution in [3.8, 4) is 11.3 Å². The van der Waals surface area contributed by atoms with Gasteiger partial charge in [0, 0.05) is 22.5 Å². The summed E-state index contributed by atoms with van der Waals surface area (Å²) < 4.78 is 6.39. The fourth-order valence-electron chi connectivity index (χ4n) is 4.47. The molecule has 31 heavy (non-hydrogen) atoms. The molecule has 2 heteroatoms. The van der Waals surface area contributed by atoms with Crippen molar-refractivity contribution < 1.29 is 4.42 Å². The molecule has 2 heterocycles. The van der Waals surface area contributed by atoms with Gasteiger partial charge in [-0.05, 0) is 61.1 Å². The van der Waals surface area contributed by atoms with E-state index in [1.165, 1.54) is 73.3 Å². The summed E-state index contributed by atoms with van der Waals surface area (Å²) in [7, 11) is 0. The topological polar surface area (TPSA) is 26.0 Å². The summed E-state index contributed by atoms with van der Waals surface area (Å²) in [4.78, 5) is 4.70. The van der Waals surface area contributed by atoms with Crippen molar-refractivity contribution >= 4 is 21.9 Å². The van der Waals surface area contributed by atoms with E-state index in [2.05, 4.69) is 62.4 Å². The molecular formula is C29H35NO. The van der Waals surface area contributed by atoms with E-state index in [0.29, 0.717) is 0 Å². The maximum absolute atomic E-state index is 6.39. The standard InChI is InChI=1S/C29H35NO/c1-3-5-7-8-9-10-13-23-18-19-30-27(20-23)26-15-11-14-25-24-17-16-22(12-6-4-2)21-28(24)31-29(25)26/h11,14-21H,3-10,12-13H2,1-2H3. The lowest BCUT2D eigenvalue weighted by molar-refractivity contribution is 0.607. The monoisotopic (exact) mass is 413 g/mol. The van der Waals surface area contributed by atoms with Crippen LogP contribution in [0.5, 0.6) is 0 Å². The molecule has 2 aromatic carbocycles. The molecule has 2 nitrogen and oxygen atoms in total. The Bertz CT molecular complexity index is 1120. The number of fused-ring (bicyclic) bond motifs is 3. The van der Waals surface area contributed by atoms with E-state index in [1.807, 2.05) is 6.20 Å². The molecule has 0 atom stereocenters. The third kappa shape index (κ3) is 5.18. The molecule has 0 N–H and O–H groups in total. The van der Waals surface area contributed by atoms with Crippen LogP contribution in [0.4, 0.5) is 0 Å². The Morgan fingerprint density at radius 2 is 1.48 bits per heavy atom. The number of hydrogen-bond acceptors (Lipinski definition) is 2. The summed E-state index contributed by atoms with van der Waals surface area (Å²) in [6.45, 7) is 4.51. The molecule has 0 aliphatic carbocycles. The van der Waals surface area contributed by atoms with Crippen LogP contribution >= 0.6 is 0 Å². The number of aryl methyl sites for hydroxylation is 2. The Labute approximate surface area is 186 Å². The van der Waals surface area contributed by atoms with Gasteiger partial charge in [0.15, 0.2) is 0 Å². The highest BCUT2D eigenvalue weighted by Gasteiger charge is 2.13. The van der Waals surface area contributed by atoms with Gasteiger partial charge < -0.3 is 4.42 Å². The predicted octanol–water partition coefficient (Wildman–Crippen LogP) is 8.89. The summed E-state index contributed by atoms with van der Waals surface area (Å²) >= 11 is 0. The van der Waals surface area contributed by atoms with Gasteiger partial charge in [0.1, 0.15) is 11.2 Å². The van der Waals surface area contributed by atoms with Crippen LogP contribution in [0, 0.1) is 0 Å². The van der Waals surface area contributed by atoms with Crippen molar-refractivity contribution in [3.63, 3.8) is 0 Å². The van der Waals surface area contributed by atoms with Crippen LogP contribution in [-0.2, 0) is 12.8 Å². The molecule has 0 unspecified atom stereocenters. The summed E-state index contributed by atoms with van der Waals surface area (Å²) in [5, 5.41) is 2.37. The number of rotatable bonds is 11. The van der Waals surface area contributed by atoms with Crippen LogP contribution in [0.1, 0.15) is 76.3 Å². The van der Waals surface area contributed by atoms with Gasteiger partial charge in [-0.3, -0.25) is 4.98 Å². The van der Waals surface area contributed by atoms with Crippen molar-refractivity contribution in [3.05, 3.63) is 65.9 Å². The molecule has 4 rings (SSSR count). The SMILES string of the molecule is CCCCCCCCc1ccnc(-c2cccc3c2oc2cc(CCCC)ccc23)c1. The van der Waals surface area contributed by atoms with Crippen LogP contribution in [0.15, 0.2) is 59.1 Å². The number of pyridine rings is 1. The number of para-hydroxylation sites is 1. The molecule has 162 valence electrons. The first-order valence-corrected chi connectivity index (χ1v) is 12.2. The van der Waals surface area contributed by atoms with E-state index < -0.39 is 0 Å². The van der Waals surface area contributed by atoms with Gasteiger partial charge in [0.25, 0.3) is 0 Å². The summed E-state index contributed by atoms with van der Waals surface area (Å²) in [6.07, 6.45) is 14.6.